The van der Waals surface area contributed by atoms with Crippen molar-refractivity contribution in [3.05, 3.63) is 70.0 Å². The predicted octanol–water partition coefficient (Wildman–Crippen LogP) is 3.79. The minimum absolute atomic E-state index is 0.111. The molecule has 1 saturated carbocycles. The number of benzene rings is 1. The highest BCUT2D eigenvalue weighted by atomic mass is 32.1. The molecule has 1 atom stereocenters. The number of nitrogens with two attached hydrogens (primary N) is 1. The summed E-state index contributed by atoms with van der Waals surface area (Å²) in [5.41, 5.74) is 7.47. The van der Waals surface area contributed by atoms with Gasteiger partial charge in [0.1, 0.15) is 12.7 Å². The summed E-state index contributed by atoms with van der Waals surface area (Å²) in [5, 5.41) is 14.3. The quantitative estimate of drug-likeness (QED) is 0.257. The summed E-state index contributed by atoms with van der Waals surface area (Å²) in [6.45, 7) is 0.259. The molecule has 0 radical (unpaired) electrons. The van der Waals surface area contributed by atoms with Crippen molar-refractivity contribution in [1.82, 2.24) is 4.98 Å². The third kappa shape index (κ3) is 6.31. The minimum atomic E-state index is -0.784. The highest BCUT2D eigenvalue weighted by Crippen LogP contribution is 2.30. The SMILES string of the molecule is NC[C@@H](C(=O)Nc1cc2ccncc2s1)c1ccc(COC(=O)C2CCC(O[N+](=O)[O-])CC2)cc1. The zero-order valence-corrected chi connectivity index (χ0v) is 19.7. The number of nitrogens with zero attached hydrogens (tertiary/aromatic N) is 2. The lowest BCUT2D eigenvalue weighted by atomic mass is 9.87. The van der Waals surface area contributed by atoms with E-state index < -0.39 is 17.1 Å². The van der Waals surface area contributed by atoms with Crippen LogP contribution in [0.4, 0.5) is 5.00 Å². The van der Waals surface area contributed by atoms with Crippen LogP contribution in [0.5, 0.6) is 0 Å². The Kier molecular flexibility index (Phi) is 7.88. The zero-order chi connectivity index (χ0) is 24.8. The Morgan fingerprint density at radius 3 is 2.60 bits per heavy atom. The second-order valence-electron chi connectivity index (χ2n) is 8.45. The number of nitrogens with one attached hydrogen (secondary N) is 1. The molecule has 3 aromatic rings. The largest absolute Gasteiger partial charge is 0.461 e. The topological polar surface area (TPSA) is 147 Å². The van der Waals surface area contributed by atoms with Gasteiger partial charge in [-0.25, -0.2) is 0 Å². The van der Waals surface area contributed by atoms with Gasteiger partial charge in [0.25, 0.3) is 5.09 Å². The molecule has 35 heavy (non-hydrogen) atoms. The van der Waals surface area contributed by atoms with Crippen molar-refractivity contribution in [3.8, 4) is 0 Å². The van der Waals surface area contributed by atoms with E-state index in [1.807, 2.05) is 36.4 Å². The number of aromatic nitrogens is 1. The van der Waals surface area contributed by atoms with Crippen molar-refractivity contribution in [2.24, 2.45) is 11.7 Å². The van der Waals surface area contributed by atoms with E-state index in [9.17, 15) is 19.7 Å². The fraction of sp³-hybridized carbons (Fsp3) is 0.375. The fourth-order valence-electron chi connectivity index (χ4n) is 4.19. The van der Waals surface area contributed by atoms with Crippen LogP contribution in [0.2, 0.25) is 0 Å². The Hall–Kier alpha value is -3.57. The Morgan fingerprint density at radius 1 is 1.20 bits per heavy atom. The van der Waals surface area contributed by atoms with Gasteiger partial charge in [-0.2, -0.15) is 0 Å². The minimum Gasteiger partial charge on any atom is -0.461 e. The number of hydrogen-bond donors (Lipinski definition) is 2. The average Bonchev–Trinajstić information content (AvgIpc) is 3.26. The van der Waals surface area contributed by atoms with Crippen molar-refractivity contribution in [3.63, 3.8) is 0 Å². The van der Waals surface area contributed by atoms with Gasteiger partial charge in [-0.05, 0) is 54.3 Å². The average molecular weight is 499 g/mol. The third-order valence-electron chi connectivity index (χ3n) is 6.13. The summed E-state index contributed by atoms with van der Waals surface area (Å²) >= 11 is 1.45. The van der Waals surface area contributed by atoms with Crippen LogP contribution >= 0.6 is 11.3 Å². The molecule has 1 aromatic carbocycles. The van der Waals surface area contributed by atoms with E-state index in [2.05, 4.69) is 15.1 Å². The second kappa shape index (κ2) is 11.2. The molecule has 11 heteroatoms. The molecular weight excluding hydrogens is 472 g/mol. The molecule has 1 amide bonds. The maximum atomic E-state index is 12.9. The Bertz CT molecular complexity index is 1160. The number of hydrogen-bond acceptors (Lipinski definition) is 9. The van der Waals surface area contributed by atoms with Crippen LogP contribution in [0.15, 0.2) is 48.8 Å². The van der Waals surface area contributed by atoms with E-state index in [0.29, 0.717) is 25.7 Å². The number of fused-ring (bicyclic) bond motifs is 1. The van der Waals surface area contributed by atoms with Gasteiger partial charge < -0.3 is 20.6 Å². The van der Waals surface area contributed by atoms with Gasteiger partial charge in [-0.3, -0.25) is 14.6 Å². The highest BCUT2D eigenvalue weighted by Gasteiger charge is 2.29. The van der Waals surface area contributed by atoms with Crippen LogP contribution < -0.4 is 11.1 Å². The Morgan fingerprint density at radius 2 is 1.94 bits per heavy atom. The summed E-state index contributed by atoms with van der Waals surface area (Å²) in [5.74, 6) is -1.31. The molecule has 4 rings (SSSR count). The van der Waals surface area contributed by atoms with Crippen molar-refractivity contribution in [2.45, 2.75) is 44.3 Å². The number of ether oxygens (including phenoxy) is 1. The molecule has 0 unspecified atom stereocenters. The van der Waals surface area contributed by atoms with Crippen LogP contribution in [-0.2, 0) is 25.8 Å². The summed E-state index contributed by atoms with van der Waals surface area (Å²) in [7, 11) is 0. The molecule has 3 N–H and O–H groups in total. The monoisotopic (exact) mass is 498 g/mol. The molecule has 1 aliphatic rings. The first-order valence-corrected chi connectivity index (χ1v) is 12.2. The summed E-state index contributed by atoms with van der Waals surface area (Å²) in [6, 6.07) is 11.1. The van der Waals surface area contributed by atoms with Crippen LogP contribution in [0.1, 0.15) is 42.7 Å². The first-order valence-electron chi connectivity index (χ1n) is 11.3. The molecule has 2 heterocycles. The first kappa shape index (κ1) is 24.6. The van der Waals surface area contributed by atoms with Crippen molar-refractivity contribution in [1.29, 1.82) is 0 Å². The second-order valence-corrected chi connectivity index (χ2v) is 9.54. The molecule has 0 saturated heterocycles. The summed E-state index contributed by atoms with van der Waals surface area (Å²) in [6.07, 6.45) is 4.93. The predicted molar refractivity (Wildman–Crippen MR) is 130 cm³/mol. The normalized spacial score (nSPS) is 18.5. The summed E-state index contributed by atoms with van der Waals surface area (Å²) < 4.78 is 6.43. The molecular formula is C24H26N4O6S. The lowest BCUT2D eigenvalue weighted by Crippen LogP contribution is -2.28. The van der Waals surface area contributed by atoms with Gasteiger partial charge in [-0.15, -0.1) is 21.5 Å². The number of thiophene rings is 1. The van der Waals surface area contributed by atoms with E-state index in [1.165, 1.54) is 11.3 Å². The van der Waals surface area contributed by atoms with E-state index in [0.717, 1.165) is 26.2 Å². The van der Waals surface area contributed by atoms with Gasteiger partial charge in [0.15, 0.2) is 0 Å². The van der Waals surface area contributed by atoms with Gasteiger partial charge in [0.05, 0.1) is 21.5 Å². The van der Waals surface area contributed by atoms with Gasteiger partial charge >= 0.3 is 5.97 Å². The van der Waals surface area contributed by atoms with Gasteiger partial charge in [-0.1, -0.05) is 24.3 Å². The van der Waals surface area contributed by atoms with Crippen molar-refractivity contribution in [2.75, 3.05) is 11.9 Å². The lowest BCUT2D eigenvalue weighted by molar-refractivity contribution is -0.769. The number of rotatable bonds is 9. The van der Waals surface area contributed by atoms with Crippen LogP contribution in [-0.4, -0.2) is 34.6 Å². The molecule has 0 bridgehead atoms. The molecule has 0 spiro atoms. The van der Waals surface area contributed by atoms with Crippen LogP contribution in [0, 0.1) is 16.0 Å². The Balaban J connectivity index is 1.29. The maximum Gasteiger partial charge on any atom is 0.309 e. The first-order chi connectivity index (χ1) is 16.9. The van der Waals surface area contributed by atoms with E-state index in [4.69, 9.17) is 10.5 Å². The molecule has 1 aliphatic carbocycles. The lowest BCUT2D eigenvalue weighted by Gasteiger charge is -2.25. The van der Waals surface area contributed by atoms with Gasteiger partial charge in [0, 0.05) is 18.9 Å². The smallest absolute Gasteiger partial charge is 0.309 e. The van der Waals surface area contributed by atoms with E-state index in [1.54, 1.807) is 12.4 Å². The van der Waals surface area contributed by atoms with E-state index >= 15 is 0 Å². The maximum absolute atomic E-state index is 12.9. The van der Waals surface area contributed by atoms with Crippen LogP contribution in [0.25, 0.3) is 10.1 Å². The summed E-state index contributed by atoms with van der Waals surface area (Å²) in [4.78, 5) is 44.4. The zero-order valence-electron chi connectivity index (χ0n) is 18.9. The third-order valence-corrected chi connectivity index (χ3v) is 7.13. The van der Waals surface area contributed by atoms with E-state index in [-0.39, 0.29) is 30.9 Å². The number of carbonyl (C=O) groups excluding carboxylic acids is 2. The van der Waals surface area contributed by atoms with Gasteiger partial charge in [0.2, 0.25) is 5.91 Å². The standard InChI is InChI=1S/C24H26N4O6S/c25-12-20(23(29)27-22-11-18-9-10-26-13-21(18)35-22)16-3-1-15(2-4-16)14-33-24(30)17-5-7-19(8-6-17)34-28(31)32/h1-4,9-11,13,17,19-20H,5-8,12,14,25H2,(H,27,29)/t17?,19?,20-/m1/s1. The molecule has 10 nitrogen and oxygen atoms in total. The number of anilines is 1. The molecule has 0 aliphatic heterocycles. The number of esters is 1. The molecule has 2 aromatic heterocycles. The number of carbonyl (C=O) groups is 2. The number of pyridine rings is 1. The highest BCUT2D eigenvalue weighted by molar-refractivity contribution is 7.22. The van der Waals surface area contributed by atoms with Crippen LogP contribution in [0.3, 0.4) is 0 Å². The number of amides is 1. The molecule has 1 fully saturated rings. The Labute approximate surface area is 205 Å². The molecule has 184 valence electrons. The fourth-order valence-corrected chi connectivity index (χ4v) is 5.13. The van der Waals surface area contributed by atoms with Crippen molar-refractivity contribution >= 4 is 38.3 Å². The van der Waals surface area contributed by atoms with Crippen molar-refractivity contribution < 1.29 is 24.3 Å².